The second kappa shape index (κ2) is 9.66. The predicted molar refractivity (Wildman–Crippen MR) is 122 cm³/mol. The molecule has 29 heavy (non-hydrogen) atoms. The lowest BCUT2D eigenvalue weighted by Gasteiger charge is -2.32. The summed E-state index contributed by atoms with van der Waals surface area (Å²) >= 11 is 4.42. The van der Waals surface area contributed by atoms with Gasteiger partial charge in [0.1, 0.15) is 0 Å². The number of fused-ring (bicyclic) bond motifs is 1. The van der Waals surface area contributed by atoms with Crippen LogP contribution in [0.25, 0.3) is 4.85 Å². The molecular weight excluding hydrogens is 402 g/mol. The van der Waals surface area contributed by atoms with Crippen LogP contribution in [-0.2, 0) is 23.0 Å². The third kappa shape index (κ3) is 5.13. The zero-order valence-corrected chi connectivity index (χ0v) is 18.4. The van der Waals surface area contributed by atoms with Gasteiger partial charge in [-0.05, 0) is 36.1 Å². The lowest BCUT2D eigenvalue weighted by Crippen LogP contribution is -2.46. The number of anilines is 1. The topological polar surface area (TPSA) is 45.0 Å². The predicted octanol–water partition coefficient (Wildman–Crippen LogP) is 4.14. The van der Waals surface area contributed by atoms with Crippen LogP contribution < -0.4 is 4.90 Å². The first-order valence-electron chi connectivity index (χ1n) is 9.88. The Kier molecular flexibility index (Phi) is 7.23. The molecule has 0 spiro atoms. The molecule has 2 aromatic carbocycles. The van der Waals surface area contributed by atoms with Crippen molar-refractivity contribution in [2.75, 3.05) is 29.5 Å². The van der Waals surface area contributed by atoms with Gasteiger partial charge in [-0.15, -0.1) is 0 Å². The smallest absolute Gasteiger partial charge is 0.214 e. The Morgan fingerprint density at radius 2 is 1.97 bits per heavy atom. The molecule has 0 radical (unpaired) electrons. The van der Waals surface area contributed by atoms with E-state index < -0.39 is 10.0 Å². The molecule has 0 aromatic heterocycles. The van der Waals surface area contributed by atoms with Crippen LogP contribution in [0.4, 0.5) is 11.4 Å². The summed E-state index contributed by atoms with van der Waals surface area (Å²) in [4.78, 5) is 5.75. The summed E-state index contributed by atoms with van der Waals surface area (Å²) in [5.41, 5.74) is 3.53. The maximum Gasteiger partial charge on any atom is 0.214 e. The molecule has 2 aromatic rings. The summed E-state index contributed by atoms with van der Waals surface area (Å²) in [5.74, 6) is 0.798. The highest BCUT2D eigenvalue weighted by Gasteiger charge is 2.34. The van der Waals surface area contributed by atoms with Crippen molar-refractivity contribution in [3.63, 3.8) is 0 Å². The molecular formula is C22H27N3O2S2. The van der Waals surface area contributed by atoms with Crippen molar-refractivity contribution in [1.82, 2.24) is 4.31 Å². The fourth-order valence-electron chi connectivity index (χ4n) is 3.90. The number of benzene rings is 2. The molecule has 0 fully saturated rings. The molecule has 1 heterocycles. The zero-order chi connectivity index (χ0) is 20.9. The molecule has 0 unspecified atom stereocenters. The van der Waals surface area contributed by atoms with Crippen LogP contribution in [-0.4, -0.2) is 43.4 Å². The second-order valence-electron chi connectivity index (χ2n) is 7.30. The number of sulfonamides is 1. The van der Waals surface area contributed by atoms with Gasteiger partial charge in [0.05, 0.1) is 12.3 Å². The van der Waals surface area contributed by atoms with Crippen LogP contribution in [0.1, 0.15) is 24.5 Å². The molecule has 0 bridgehead atoms. The minimum Gasteiger partial charge on any atom is -0.369 e. The molecule has 7 heteroatoms. The highest BCUT2D eigenvalue weighted by molar-refractivity contribution is 7.89. The number of hydrogen-bond acceptors (Lipinski definition) is 4. The molecule has 5 nitrogen and oxygen atoms in total. The summed E-state index contributed by atoms with van der Waals surface area (Å²) in [6.45, 7) is 10.8. The Hall–Kier alpha value is -2.01. The Labute approximate surface area is 179 Å². The third-order valence-electron chi connectivity index (χ3n) is 5.20. The summed E-state index contributed by atoms with van der Waals surface area (Å²) in [6, 6.07) is 15.4. The fourth-order valence-corrected chi connectivity index (χ4v) is 5.83. The largest absolute Gasteiger partial charge is 0.369 e. The molecule has 0 saturated carbocycles. The van der Waals surface area contributed by atoms with Gasteiger partial charge in [0.2, 0.25) is 10.0 Å². The minimum absolute atomic E-state index is 0.128. The van der Waals surface area contributed by atoms with E-state index in [-0.39, 0.29) is 11.8 Å². The second-order valence-corrected chi connectivity index (χ2v) is 9.79. The van der Waals surface area contributed by atoms with Gasteiger partial charge in [-0.25, -0.2) is 13.3 Å². The molecule has 0 amide bonds. The van der Waals surface area contributed by atoms with E-state index in [1.807, 2.05) is 49.4 Å². The third-order valence-corrected chi connectivity index (χ3v) is 7.47. The van der Waals surface area contributed by atoms with Crippen molar-refractivity contribution >= 4 is 34.0 Å². The summed E-state index contributed by atoms with van der Waals surface area (Å²) in [5, 5.41) is 0. The van der Waals surface area contributed by atoms with E-state index in [4.69, 9.17) is 6.57 Å². The van der Waals surface area contributed by atoms with Gasteiger partial charge in [-0.2, -0.15) is 16.9 Å². The first kappa shape index (κ1) is 21.7. The lowest BCUT2D eigenvalue weighted by molar-refractivity contribution is 0.319. The Balaban J connectivity index is 2.06. The minimum atomic E-state index is -3.42. The van der Waals surface area contributed by atoms with Crippen molar-refractivity contribution in [1.29, 1.82) is 0 Å². The first-order valence-corrected chi connectivity index (χ1v) is 12.1. The van der Waals surface area contributed by atoms with Crippen molar-refractivity contribution in [3.8, 4) is 0 Å². The number of rotatable bonds is 7. The average Bonchev–Trinajstić information content (AvgIpc) is 2.86. The average molecular weight is 430 g/mol. The van der Waals surface area contributed by atoms with Crippen molar-refractivity contribution in [2.45, 2.75) is 32.4 Å². The fraction of sp³-hybridized carbons (Fsp3) is 0.409. The zero-order valence-electron chi connectivity index (χ0n) is 16.7. The van der Waals surface area contributed by atoms with Gasteiger partial charge < -0.3 is 4.90 Å². The molecule has 1 aliphatic rings. The molecule has 1 atom stereocenters. The number of thiol groups is 1. The van der Waals surface area contributed by atoms with E-state index >= 15 is 0 Å². The van der Waals surface area contributed by atoms with Crippen LogP contribution in [0.5, 0.6) is 0 Å². The highest BCUT2D eigenvalue weighted by atomic mass is 32.2. The lowest BCUT2D eigenvalue weighted by atomic mass is 10.1. The van der Waals surface area contributed by atoms with E-state index in [0.717, 1.165) is 23.4 Å². The SMILES string of the molecule is [C-]#[N+]c1ccc2c(c1)CN(S(=O)(=O)CCC)[C@H](Cc1ccccc1)CN2CCS. The van der Waals surface area contributed by atoms with E-state index in [9.17, 15) is 8.42 Å². The Morgan fingerprint density at radius 1 is 1.21 bits per heavy atom. The van der Waals surface area contributed by atoms with Gasteiger partial charge in [0.25, 0.3) is 0 Å². The molecule has 0 saturated heterocycles. The maximum atomic E-state index is 13.2. The van der Waals surface area contributed by atoms with Crippen LogP contribution in [0, 0.1) is 6.57 Å². The van der Waals surface area contributed by atoms with Crippen molar-refractivity contribution < 1.29 is 8.42 Å². The quantitative estimate of drug-likeness (QED) is 0.531. The van der Waals surface area contributed by atoms with Gasteiger partial charge in [-0.3, -0.25) is 0 Å². The van der Waals surface area contributed by atoms with Gasteiger partial charge in [-0.1, -0.05) is 43.3 Å². The van der Waals surface area contributed by atoms with Crippen LogP contribution >= 0.6 is 12.6 Å². The monoisotopic (exact) mass is 429 g/mol. The normalized spacial score (nSPS) is 17.4. The first-order chi connectivity index (χ1) is 14.0. The van der Waals surface area contributed by atoms with Crippen LogP contribution in [0.15, 0.2) is 48.5 Å². The maximum absolute atomic E-state index is 13.2. The van der Waals surface area contributed by atoms with E-state index in [1.165, 1.54) is 0 Å². The number of hydrogen-bond donors (Lipinski definition) is 1. The molecule has 0 N–H and O–H groups in total. The van der Waals surface area contributed by atoms with Crippen LogP contribution in [0.3, 0.4) is 0 Å². The summed E-state index contributed by atoms with van der Waals surface area (Å²) < 4.78 is 28.1. The summed E-state index contributed by atoms with van der Waals surface area (Å²) in [6.07, 6.45) is 1.22. The molecule has 154 valence electrons. The Bertz CT molecular complexity index is 971. The van der Waals surface area contributed by atoms with Gasteiger partial charge in [0, 0.05) is 37.1 Å². The van der Waals surface area contributed by atoms with Crippen molar-refractivity contribution in [2.24, 2.45) is 0 Å². The van der Waals surface area contributed by atoms with Crippen molar-refractivity contribution in [3.05, 3.63) is 71.1 Å². The van der Waals surface area contributed by atoms with Gasteiger partial charge in [0.15, 0.2) is 5.69 Å². The van der Waals surface area contributed by atoms with E-state index in [2.05, 4.69) is 22.4 Å². The van der Waals surface area contributed by atoms with E-state index in [1.54, 1.807) is 10.4 Å². The van der Waals surface area contributed by atoms with E-state index in [0.29, 0.717) is 37.4 Å². The number of nitrogens with zero attached hydrogens (tertiary/aromatic N) is 3. The molecule has 3 rings (SSSR count). The molecule has 1 aliphatic heterocycles. The standard InChI is InChI=1S/C22H27N3O2S2/c1-3-13-29(26,27)25-16-19-15-20(23-2)9-10-22(19)24(11-12-28)17-21(25)14-18-7-5-4-6-8-18/h4-10,15,21,28H,3,11-14,16-17H2,1H3/t21-/m1/s1. The Morgan fingerprint density at radius 3 is 2.62 bits per heavy atom. The summed E-state index contributed by atoms with van der Waals surface area (Å²) in [7, 11) is -3.42. The van der Waals surface area contributed by atoms with Gasteiger partial charge >= 0.3 is 0 Å². The van der Waals surface area contributed by atoms with Crippen LogP contribution in [0.2, 0.25) is 0 Å². The highest BCUT2D eigenvalue weighted by Crippen LogP contribution is 2.33. The molecule has 0 aliphatic carbocycles.